The Balaban J connectivity index is 1.71. The molecule has 6 nitrogen and oxygen atoms in total. The van der Waals surface area contributed by atoms with Crippen molar-refractivity contribution in [3.63, 3.8) is 0 Å². The van der Waals surface area contributed by atoms with Gasteiger partial charge in [-0.05, 0) is 24.8 Å². The van der Waals surface area contributed by atoms with Crippen molar-refractivity contribution in [2.24, 2.45) is 5.92 Å². The highest BCUT2D eigenvalue weighted by molar-refractivity contribution is 5.95. The Morgan fingerprint density at radius 2 is 2.04 bits per heavy atom. The van der Waals surface area contributed by atoms with Gasteiger partial charge in [0, 0.05) is 13.0 Å². The summed E-state index contributed by atoms with van der Waals surface area (Å²) in [6.07, 6.45) is 1.71. The standard InChI is InChI=1S/C17H20N2O4/c20-15-8-4-7-13(10-18-15)16(21)19-14(11-23-17(19)22)9-12-5-2-1-3-6-12/h1-3,5-6,13-14H,4,7-11H2,(H,18,20)/t13?,14-/m1/s1. The van der Waals surface area contributed by atoms with E-state index in [0.29, 0.717) is 32.2 Å². The molecule has 2 saturated heterocycles. The van der Waals surface area contributed by atoms with Crippen LogP contribution in [0.2, 0.25) is 0 Å². The van der Waals surface area contributed by atoms with Gasteiger partial charge in [-0.1, -0.05) is 30.3 Å². The lowest BCUT2D eigenvalue weighted by Gasteiger charge is -2.24. The molecule has 0 radical (unpaired) electrons. The van der Waals surface area contributed by atoms with E-state index in [1.54, 1.807) is 0 Å². The summed E-state index contributed by atoms with van der Waals surface area (Å²) in [6.45, 7) is 0.512. The molecular formula is C17H20N2O4. The summed E-state index contributed by atoms with van der Waals surface area (Å²) in [7, 11) is 0. The quantitative estimate of drug-likeness (QED) is 0.917. The number of imide groups is 1. The van der Waals surface area contributed by atoms with Crippen LogP contribution in [0.5, 0.6) is 0 Å². The van der Waals surface area contributed by atoms with Crippen LogP contribution in [0.25, 0.3) is 0 Å². The summed E-state index contributed by atoms with van der Waals surface area (Å²) in [4.78, 5) is 37.4. The van der Waals surface area contributed by atoms with Crippen LogP contribution in [0.4, 0.5) is 4.79 Å². The number of benzene rings is 1. The number of carbonyl (C=O) groups is 3. The number of ether oxygens (including phenoxy) is 1. The summed E-state index contributed by atoms with van der Waals surface area (Å²) in [5.41, 5.74) is 1.06. The minimum atomic E-state index is -0.577. The van der Waals surface area contributed by atoms with Gasteiger partial charge in [-0.3, -0.25) is 9.59 Å². The van der Waals surface area contributed by atoms with Crippen LogP contribution in [-0.4, -0.2) is 42.0 Å². The molecule has 1 aromatic carbocycles. The zero-order valence-electron chi connectivity index (χ0n) is 12.9. The van der Waals surface area contributed by atoms with E-state index in [1.807, 2.05) is 30.3 Å². The minimum Gasteiger partial charge on any atom is -0.447 e. The van der Waals surface area contributed by atoms with E-state index < -0.39 is 6.09 Å². The van der Waals surface area contributed by atoms with Crippen molar-refractivity contribution in [1.82, 2.24) is 10.2 Å². The molecule has 2 heterocycles. The molecule has 0 aromatic heterocycles. The van der Waals surface area contributed by atoms with Crippen LogP contribution in [0.1, 0.15) is 24.8 Å². The van der Waals surface area contributed by atoms with Gasteiger partial charge in [-0.2, -0.15) is 0 Å². The Bertz CT molecular complexity index is 602. The lowest BCUT2D eigenvalue weighted by atomic mass is 9.99. The molecule has 23 heavy (non-hydrogen) atoms. The maximum Gasteiger partial charge on any atom is 0.416 e. The normalized spacial score (nSPS) is 24.8. The van der Waals surface area contributed by atoms with Crippen LogP contribution >= 0.6 is 0 Å². The van der Waals surface area contributed by atoms with E-state index >= 15 is 0 Å². The molecule has 0 spiro atoms. The van der Waals surface area contributed by atoms with Crippen molar-refractivity contribution in [2.45, 2.75) is 31.7 Å². The molecule has 0 bridgehead atoms. The number of nitrogens with one attached hydrogen (secondary N) is 1. The Morgan fingerprint density at radius 1 is 1.26 bits per heavy atom. The fourth-order valence-corrected chi connectivity index (χ4v) is 3.11. The van der Waals surface area contributed by atoms with E-state index in [4.69, 9.17) is 4.74 Å². The summed E-state index contributed by atoms with van der Waals surface area (Å²) in [5, 5.41) is 2.74. The molecule has 0 saturated carbocycles. The lowest BCUT2D eigenvalue weighted by Crippen LogP contribution is -2.45. The van der Waals surface area contributed by atoms with Crippen molar-refractivity contribution in [2.75, 3.05) is 13.2 Å². The molecule has 1 N–H and O–H groups in total. The van der Waals surface area contributed by atoms with Gasteiger partial charge in [0.1, 0.15) is 6.61 Å². The molecular weight excluding hydrogens is 296 g/mol. The first kappa shape index (κ1) is 15.5. The fraction of sp³-hybridized carbons (Fsp3) is 0.471. The predicted octanol–water partition coefficient (Wildman–Crippen LogP) is 1.49. The second kappa shape index (κ2) is 6.81. The monoisotopic (exact) mass is 316 g/mol. The fourth-order valence-electron chi connectivity index (χ4n) is 3.11. The third-order valence-electron chi connectivity index (χ3n) is 4.36. The summed E-state index contributed by atoms with van der Waals surface area (Å²) in [6, 6.07) is 9.45. The second-order valence-electron chi connectivity index (χ2n) is 6.02. The smallest absolute Gasteiger partial charge is 0.416 e. The predicted molar refractivity (Wildman–Crippen MR) is 82.5 cm³/mol. The van der Waals surface area contributed by atoms with Gasteiger partial charge in [0.25, 0.3) is 0 Å². The molecule has 0 aliphatic carbocycles. The average Bonchev–Trinajstić information content (AvgIpc) is 2.77. The lowest BCUT2D eigenvalue weighted by molar-refractivity contribution is -0.133. The van der Waals surface area contributed by atoms with E-state index in [1.165, 1.54) is 4.90 Å². The SMILES string of the molecule is O=C1CCCC(C(=O)N2C(=O)OC[C@H]2Cc2ccccc2)CN1. The molecule has 2 aliphatic rings. The van der Waals surface area contributed by atoms with Crippen LogP contribution < -0.4 is 5.32 Å². The van der Waals surface area contributed by atoms with Crippen molar-refractivity contribution in [3.8, 4) is 0 Å². The van der Waals surface area contributed by atoms with E-state index in [9.17, 15) is 14.4 Å². The van der Waals surface area contributed by atoms with Gasteiger partial charge < -0.3 is 10.1 Å². The maximum absolute atomic E-state index is 12.7. The highest BCUT2D eigenvalue weighted by atomic mass is 16.6. The summed E-state index contributed by atoms with van der Waals surface area (Å²) >= 11 is 0. The Labute approximate surface area is 134 Å². The maximum atomic E-state index is 12.7. The number of hydrogen-bond donors (Lipinski definition) is 1. The number of cyclic esters (lactones) is 1. The first-order chi connectivity index (χ1) is 11.1. The van der Waals surface area contributed by atoms with Crippen LogP contribution in [0, 0.1) is 5.92 Å². The molecule has 3 amide bonds. The van der Waals surface area contributed by atoms with Crippen LogP contribution in [0.3, 0.4) is 0 Å². The summed E-state index contributed by atoms with van der Waals surface area (Å²) < 4.78 is 5.09. The van der Waals surface area contributed by atoms with E-state index in [0.717, 1.165) is 5.56 Å². The number of amides is 3. The molecule has 2 aliphatic heterocycles. The Morgan fingerprint density at radius 3 is 2.83 bits per heavy atom. The van der Waals surface area contributed by atoms with Gasteiger partial charge in [-0.15, -0.1) is 0 Å². The van der Waals surface area contributed by atoms with Gasteiger partial charge in [0.15, 0.2) is 0 Å². The topological polar surface area (TPSA) is 75.7 Å². The Hall–Kier alpha value is -2.37. The zero-order valence-corrected chi connectivity index (χ0v) is 12.9. The molecule has 1 unspecified atom stereocenters. The van der Waals surface area contributed by atoms with E-state index in [-0.39, 0.29) is 30.4 Å². The summed E-state index contributed by atoms with van der Waals surface area (Å²) in [5.74, 6) is -0.633. The second-order valence-corrected chi connectivity index (χ2v) is 6.02. The highest BCUT2D eigenvalue weighted by Crippen LogP contribution is 2.22. The molecule has 3 rings (SSSR count). The van der Waals surface area contributed by atoms with Gasteiger partial charge in [0.2, 0.25) is 11.8 Å². The van der Waals surface area contributed by atoms with Crippen LogP contribution in [0.15, 0.2) is 30.3 Å². The Kier molecular flexibility index (Phi) is 4.60. The molecule has 2 atom stereocenters. The van der Waals surface area contributed by atoms with E-state index in [2.05, 4.69) is 5.32 Å². The highest BCUT2D eigenvalue weighted by Gasteiger charge is 2.41. The molecule has 122 valence electrons. The van der Waals surface area contributed by atoms with Crippen molar-refractivity contribution in [3.05, 3.63) is 35.9 Å². The van der Waals surface area contributed by atoms with Gasteiger partial charge in [0.05, 0.1) is 12.0 Å². The third-order valence-corrected chi connectivity index (χ3v) is 4.36. The number of nitrogens with zero attached hydrogens (tertiary/aromatic N) is 1. The molecule has 2 fully saturated rings. The molecule has 1 aromatic rings. The minimum absolute atomic E-state index is 0.0369. The van der Waals surface area contributed by atoms with Gasteiger partial charge >= 0.3 is 6.09 Å². The number of hydrogen-bond acceptors (Lipinski definition) is 4. The van der Waals surface area contributed by atoms with Crippen molar-refractivity contribution in [1.29, 1.82) is 0 Å². The molecule has 6 heteroatoms. The van der Waals surface area contributed by atoms with Gasteiger partial charge in [-0.25, -0.2) is 9.69 Å². The average molecular weight is 316 g/mol. The third kappa shape index (κ3) is 3.52. The first-order valence-electron chi connectivity index (χ1n) is 7.95. The largest absolute Gasteiger partial charge is 0.447 e. The zero-order chi connectivity index (χ0) is 16.2. The van der Waals surface area contributed by atoms with Crippen molar-refractivity contribution >= 4 is 17.9 Å². The van der Waals surface area contributed by atoms with Crippen LogP contribution in [-0.2, 0) is 20.7 Å². The van der Waals surface area contributed by atoms with Crippen molar-refractivity contribution < 1.29 is 19.1 Å². The number of carbonyl (C=O) groups excluding carboxylic acids is 3. The first-order valence-corrected chi connectivity index (χ1v) is 7.95. The number of rotatable bonds is 3.